The average molecular weight is 359 g/mol. The lowest BCUT2D eigenvalue weighted by Gasteiger charge is -2.18. The quantitative estimate of drug-likeness (QED) is 0.744. The maximum Gasteiger partial charge on any atom is 0.326 e. The summed E-state index contributed by atoms with van der Waals surface area (Å²) >= 11 is 6.57. The third kappa shape index (κ3) is 3.01. The highest BCUT2D eigenvalue weighted by Gasteiger charge is 2.26. The Labute approximate surface area is 150 Å². The Hall–Kier alpha value is -2.38. The number of aromatic amines is 1. The van der Waals surface area contributed by atoms with Gasteiger partial charge in [0.15, 0.2) is 0 Å². The van der Waals surface area contributed by atoms with Gasteiger partial charge in [0.05, 0.1) is 16.6 Å². The molecule has 3 aromatic rings. The summed E-state index contributed by atoms with van der Waals surface area (Å²) < 4.78 is 5.79. The first-order valence-corrected chi connectivity index (χ1v) is 8.70. The number of pyridine rings is 1. The van der Waals surface area contributed by atoms with Gasteiger partial charge in [0.25, 0.3) is 0 Å². The molecule has 1 saturated heterocycles. The highest BCUT2D eigenvalue weighted by atomic mass is 35.5. The first kappa shape index (κ1) is 16.1. The SMILES string of the molecule is CCc1[nH]c2nc(Oc3cccnc3)nc(N3CC[C@H](N)C3)c2c1Cl. The van der Waals surface area contributed by atoms with E-state index in [0.717, 1.165) is 42.8 Å². The Kier molecular flexibility index (Phi) is 4.19. The van der Waals surface area contributed by atoms with Crippen LogP contribution in [0.4, 0.5) is 5.82 Å². The molecule has 3 aromatic heterocycles. The van der Waals surface area contributed by atoms with Gasteiger partial charge in [-0.25, -0.2) is 0 Å². The van der Waals surface area contributed by atoms with E-state index < -0.39 is 0 Å². The second kappa shape index (κ2) is 6.50. The number of H-pyrrole nitrogens is 1. The number of aromatic nitrogens is 4. The number of nitrogens with zero attached hydrogens (tertiary/aromatic N) is 4. The van der Waals surface area contributed by atoms with Gasteiger partial charge in [-0.1, -0.05) is 18.5 Å². The average Bonchev–Trinajstić information content (AvgIpc) is 3.19. The third-order valence-electron chi connectivity index (χ3n) is 4.34. The minimum absolute atomic E-state index is 0.135. The van der Waals surface area contributed by atoms with E-state index in [9.17, 15) is 0 Å². The van der Waals surface area contributed by atoms with Crippen molar-refractivity contribution in [2.24, 2.45) is 5.73 Å². The molecule has 0 bridgehead atoms. The molecular formula is C17H19ClN6O. The van der Waals surface area contributed by atoms with Crippen LogP contribution in [0.2, 0.25) is 5.02 Å². The van der Waals surface area contributed by atoms with Crippen molar-refractivity contribution >= 4 is 28.5 Å². The molecule has 3 N–H and O–H groups in total. The topological polar surface area (TPSA) is 92.9 Å². The summed E-state index contributed by atoms with van der Waals surface area (Å²) in [5.74, 6) is 1.34. The van der Waals surface area contributed by atoms with E-state index in [1.54, 1.807) is 18.5 Å². The van der Waals surface area contributed by atoms with Crippen LogP contribution < -0.4 is 15.4 Å². The molecule has 0 radical (unpaired) electrons. The number of hydrogen-bond donors (Lipinski definition) is 2. The molecule has 0 saturated carbocycles. The summed E-state index contributed by atoms with van der Waals surface area (Å²) in [6, 6.07) is 4.01. The molecule has 1 atom stereocenters. The summed E-state index contributed by atoms with van der Waals surface area (Å²) in [6.45, 7) is 3.62. The Morgan fingerprint density at radius 1 is 1.44 bits per heavy atom. The van der Waals surface area contributed by atoms with E-state index >= 15 is 0 Å². The van der Waals surface area contributed by atoms with Gasteiger partial charge in [-0.3, -0.25) is 4.98 Å². The van der Waals surface area contributed by atoms with Crippen LogP contribution in [0, 0.1) is 0 Å². The van der Waals surface area contributed by atoms with Crippen LogP contribution in [0.3, 0.4) is 0 Å². The van der Waals surface area contributed by atoms with E-state index in [1.165, 1.54) is 0 Å². The molecule has 0 aliphatic carbocycles. The molecule has 0 spiro atoms. The monoisotopic (exact) mass is 358 g/mol. The van der Waals surface area contributed by atoms with Gasteiger partial charge in [-0.15, -0.1) is 0 Å². The fourth-order valence-corrected chi connectivity index (χ4v) is 3.44. The number of aryl methyl sites for hydroxylation is 1. The maximum absolute atomic E-state index is 6.57. The Morgan fingerprint density at radius 2 is 2.32 bits per heavy atom. The van der Waals surface area contributed by atoms with Gasteiger partial charge < -0.3 is 20.4 Å². The molecule has 4 rings (SSSR count). The van der Waals surface area contributed by atoms with Crippen molar-refractivity contribution in [1.29, 1.82) is 0 Å². The predicted octanol–water partition coefficient (Wildman–Crippen LogP) is 2.90. The summed E-state index contributed by atoms with van der Waals surface area (Å²) in [4.78, 5) is 18.6. The Bertz CT molecular complexity index is 897. The van der Waals surface area contributed by atoms with Crippen molar-refractivity contribution < 1.29 is 4.74 Å². The second-order valence-corrected chi connectivity index (χ2v) is 6.49. The zero-order chi connectivity index (χ0) is 17.4. The summed E-state index contributed by atoms with van der Waals surface area (Å²) in [6.07, 6.45) is 5.02. The normalized spacial score (nSPS) is 17.4. The van der Waals surface area contributed by atoms with Crippen molar-refractivity contribution in [1.82, 2.24) is 19.9 Å². The lowest BCUT2D eigenvalue weighted by Crippen LogP contribution is -2.27. The van der Waals surface area contributed by atoms with E-state index in [4.69, 9.17) is 22.1 Å². The van der Waals surface area contributed by atoms with Crippen LogP contribution in [0.5, 0.6) is 11.8 Å². The number of rotatable bonds is 4. The van der Waals surface area contributed by atoms with Crippen LogP contribution in [0.25, 0.3) is 11.0 Å². The van der Waals surface area contributed by atoms with Gasteiger partial charge in [0, 0.05) is 31.0 Å². The van der Waals surface area contributed by atoms with E-state index in [0.29, 0.717) is 16.4 Å². The third-order valence-corrected chi connectivity index (χ3v) is 4.76. The molecule has 1 fully saturated rings. The fraction of sp³-hybridized carbons (Fsp3) is 0.353. The van der Waals surface area contributed by atoms with Gasteiger partial charge >= 0.3 is 6.01 Å². The lowest BCUT2D eigenvalue weighted by atomic mass is 10.3. The van der Waals surface area contributed by atoms with E-state index in [2.05, 4.69) is 24.8 Å². The summed E-state index contributed by atoms with van der Waals surface area (Å²) in [7, 11) is 0. The van der Waals surface area contributed by atoms with Crippen LogP contribution in [-0.4, -0.2) is 39.1 Å². The van der Waals surface area contributed by atoms with Crippen LogP contribution in [0.15, 0.2) is 24.5 Å². The van der Waals surface area contributed by atoms with Crippen LogP contribution >= 0.6 is 11.6 Å². The van der Waals surface area contributed by atoms with Crippen LogP contribution in [0.1, 0.15) is 19.0 Å². The number of halogens is 1. The summed E-state index contributed by atoms with van der Waals surface area (Å²) in [5, 5.41) is 1.49. The smallest absolute Gasteiger partial charge is 0.326 e. The molecule has 25 heavy (non-hydrogen) atoms. The molecule has 0 aromatic carbocycles. The first-order chi connectivity index (χ1) is 12.2. The fourth-order valence-electron chi connectivity index (χ4n) is 3.08. The van der Waals surface area contributed by atoms with Crippen molar-refractivity contribution in [3.63, 3.8) is 0 Å². The second-order valence-electron chi connectivity index (χ2n) is 6.11. The first-order valence-electron chi connectivity index (χ1n) is 8.32. The minimum atomic E-state index is 0.135. The van der Waals surface area contributed by atoms with Gasteiger partial charge in [-0.2, -0.15) is 9.97 Å². The molecule has 8 heteroatoms. The van der Waals surface area contributed by atoms with E-state index in [-0.39, 0.29) is 12.1 Å². The standard InChI is InChI=1S/C17H19ClN6O/c1-2-12-14(18)13-15(21-12)22-17(25-11-4-3-6-20-8-11)23-16(13)24-7-5-10(19)9-24/h3-4,6,8,10H,2,5,7,9,19H2,1H3,(H,21,22,23)/t10-/m0/s1. The molecule has 1 aliphatic rings. The molecule has 1 aliphatic heterocycles. The molecule has 0 amide bonds. The predicted molar refractivity (Wildman–Crippen MR) is 97.4 cm³/mol. The molecule has 130 valence electrons. The molecule has 0 unspecified atom stereocenters. The number of fused-ring (bicyclic) bond motifs is 1. The minimum Gasteiger partial charge on any atom is -0.423 e. The van der Waals surface area contributed by atoms with Gasteiger partial charge in [0.2, 0.25) is 0 Å². The number of nitrogens with two attached hydrogens (primary N) is 1. The Balaban J connectivity index is 1.82. The number of anilines is 1. The van der Waals surface area contributed by atoms with Crippen molar-refractivity contribution in [3.05, 3.63) is 35.2 Å². The maximum atomic E-state index is 6.57. The molecule has 4 heterocycles. The summed E-state index contributed by atoms with van der Waals surface area (Å²) in [5.41, 5.74) is 7.68. The number of nitrogens with one attached hydrogen (secondary N) is 1. The van der Waals surface area contributed by atoms with Crippen molar-refractivity contribution in [3.8, 4) is 11.8 Å². The molecule has 7 nitrogen and oxygen atoms in total. The van der Waals surface area contributed by atoms with Gasteiger partial charge in [0.1, 0.15) is 17.2 Å². The highest BCUT2D eigenvalue weighted by molar-refractivity contribution is 6.37. The highest BCUT2D eigenvalue weighted by Crippen LogP contribution is 2.36. The number of hydrogen-bond acceptors (Lipinski definition) is 6. The van der Waals surface area contributed by atoms with Crippen molar-refractivity contribution in [2.75, 3.05) is 18.0 Å². The zero-order valence-corrected chi connectivity index (χ0v) is 14.6. The molecular weight excluding hydrogens is 340 g/mol. The lowest BCUT2D eigenvalue weighted by molar-refractivity contribution is 0.442. The van der Waals surface area contributed by atoms with Crippen LogP contribution in [-0.2, 0) is 6.42 Å². The van der Waals surface area contributed by atoms with Crippen molar-refractivity contribution in [2.45, 2.75) is 25.8 Å². The van der Waals surface area contributed by atoms with E-state index in [1.807, 2.05) is 13.0 Å². The van der Waals surface area contributed by atoms with Gasteiger partial charge in [-0.05, 0) is 25.0 Å². The largest absolute Gasteiger partial charge is 0.423 e. The Morgan fingerprint density at radius 3 is 3.00 bits per heavy atom. The zero-order valence-electron chi connectivity index (χ0n) is 13.9. The number of ether oxygens (including phenoxy) is 1.